The van der Waals surface area contributed by atoms with Crippen molar-refractivity contribution in [2.45, 2.75) is 43.2 Å². The smallest absolute Gasteiger partial charge is 0.261 e. The molecular weight excluding hydrogens is 488 g/mol. The van der Waals surface area contributed by atoms with E-state index >= 15 is 0 Å². The molecule has 3 aromatic rings. The van der Waals surface area contributed by atoms with Gasteiger partial charge in [-0.1, -0.05) is 42.5 Å². The van der Waals surface area contributed by atoms with Crippen molar-refractivity contribution in [2.24, 2.45) is 5.92 Å². The number of ether oxygens (including phenoxy) is 1. The van der Waals surface area contributed by atoms with Gasteiger partial charge in [0.2, 0.25) is 0 Å². The second-order valence-corrected chi connectivity index (χ2v) is 12.7. The van der Waals surface area contributed by atoms with Crippen LogP contribution < -0.4 is 14.8 Å². The lowest BCUT2D eigenvalue weighted by atomic mass is 9.77. The van der Waals surface area contributed by atoms with Gasteiger partial charge in [-0.05, 0) is 78.8 Å². The van der Waals surface area contributed by atoms with Crippen LogP contribution in [0.15, 0.2) is 77.7 Å². The van der Waals surface area contributed by atoms with Crippen molar-refractivity contribution in [3.63, 3.8) is 0 Å². The monoisotopic (exact) mass is 518 g/mol. The summed E-state index contributed by atoms with van der Waals surface area (Å²) in [6, 6.07) is 19.8. The Hall–Kier alpha value is -2.90. The summed E-state index contributed by atoms with van der Waals surface area (Å²) in [7, 11) is -3.72. The molecule has 1 fully saturated rings. The number of anilines is 2. The van der Waals surface area contributed by atoms with Gasteiger partial charge in [-0.25, -0.2) is 8.42 Å². The van der Waals surface area contributed by atoms with Crippen molar-refractivity contribution < 1.29 is 13.2 Å². The second kappa shape index (κ2) is 9.20. The molecule has 3 atom stereocenters. The van der Waals surface area contributed by atoms with Crippen molar-refractivity contribution in [1.29, 1.82) is 0 Å². The zero-order valence-corrected chi connectivity index (χ0v) is 22.0. The van der Waals surface area contributed by atoms with Gasteiger partial charge in [0.15, 0.2) is 0 Å². The number of thioether (sulfide) groups is 1. The van der Waals surface area contributed by atoms with Gasteiger partial charge in [-0.2, -0.15) is 11.8 Å². The molecule has 0 amide bonds. The van der Waals surface area contributed by atoms with E-state index < -0.39 is 10.0 Å². The third-order valence-electron chi connectivity index (χ3n) is 7.51. The van der Waals surface area contributed by atoms with E-state index in [9.17, 15) is 8.42 Å². The molecule has 2 aliphatic heterocycles. The minimum atomic E-state index is -3.72. The predicted molar refractivity (Wildman–Crippen MR) is 148 cm³/mol. The van der Waals surface area contributed by atoms with E-state index in [1.807, 2.05) is 55.9 Å². The number of para-hydroxylation sites is 1. The Labute approximate surface area is 217 Å². The molecule has 6 rings (SSSR count). The van der Waals surface area contributed by atoms with Gasteiger partial charge in [0, 0.05) is 23.1 Å². The average Bonchev–Trinajstić information content (AvgIpc) is 3.34. The van der Waals surface area contributed by atoms with Crippen LogP contribution in [0.3, 0.4) is 0 Å². The minimum Gasteiger partial charge on any atom is -0.489 e. The fraction of sp³-hybridized carbons (Fsp3) is 0.310. The second-order valence-electron chi connectivity index (χ2n) is 9.94. The van der Waals surface area contributed by atoms with Crippen molar-refractivity contribution >= 4 is 33.2 Å². The largest absolute Gasteiger partial charge is 0.489 e. The summed E-state index contributed by atoms with van der Waals surface area (Å²) in [5, 5.41) is 3.71. The molecule has 1 saturated heterocycles. The Kier molecular flexibility index (Phi) is 6.00. The maximum absolute atomic E-state index is 13.3. The van der Waals surface area contributed by atoms with E-state index in [1.54, 1.807) is 6.07 Å². The van der Waals surface area contributed by atoms with Gasteiger partial charge in [-0.15, -0.1) is 0 Å². The number of hydrogen-bond donors (Lipinski definition) is 2. The van der Waals surface area contributed by atoms with E-state index in [0.717, 1.165) is 46.1 Å². The highest BCUT2D eigenvalue weighted by Crippen LogP contribution is 2.50. The van der Waals surface area contributed by atoms with Gasteiger partial charge >= 0.3 is 0 Å². The summed E-state index contributed by atoms with van der Waals surface area (Å²) in [6.45, 7) is 3.83. The lowest BCUT2D eigenvalue weighted by Crippen LogP contribution is -2.31. The number of aryl methyl sites for hydroxylation is 2. The maximum atomic E-state index is 13.3. The summed E-state index contributed by atoms with van der Waals surface area (Å²) < 4.78 is 35.5. The number of fused-ring (bicyclic) bond motifs is 3. The molecule has 186 valence electrons. The molecule has 0 bridgehead atoms. The quantitative estimate of drug-likeness (QED) is 0.368. The first kappa shape index (κ1) is 23.5. The van der Waals surface area contributed by atoms with Crippen LogP contribution in [0.2, 0.25) is 0 Å². The van der Waals surface area contributed by atoms with E-state index in [0.29, 0.717) is 22.6 Å². The highest BCUT2D eigenvalue weighted by Gasteiger charge is 2.38. The molecule has 1 aliphatic carbocycles. The van der Waals surface area contributed by atoms with E-state index in [2.05, 4.69) is 46.5 Å². The van der Waals surface area contributed by atoms with Gasteiger partial charge in [0.25, 0.3) is 10.0 Å². The number of hydrogen-bond acceptors (Lipinski definition) is 5. The summed E-state index contributed by atoms with van der Waals surface area (Å²) in [5.74, 6) is 3.56. The molecule has 0 spiro atoms. The van der Waals surface area contributed by atoms with Gasteiger partial charge < -0.3 is 10.1 Å². The molecule has 0 radical (unpaired) electrons. The molecule has 0 saturated carbocycles. The normalized spacial score (nSPS) is 22.8. The summed E-state index contributed by atoms with van der Waals surface area (Å²) in [6.07, 6.45) is 5.75. The van der Waals surface area contributed by atoms with Crippen molar-refractivity contribution in [3.05, 3.63) is 95.1 Å². The molecule has 7 heteroatoms. The topological polar surface area (TPSA) is 67.4 Å². The predicted octanol–water partition coefficient (Wildman–Crippen LogP) is 6.42. The molecule has 36 heavy (non-hydrogen) atoms. The average molecular weight is 519 g/mol. The van der Waals surface area contributed by atoms with Crippen LogP contribution in [0, 0.1) is 19.8 Å². The first-order valence-electron chi connectivity index (χ1n) is 12.4. The first-order valence-corrected chi connectivity index (χ1v) is 15.0. The van der Waals surface area contributed by atoms with Crippen LogP contribution in [0.1, 0.15) is 40.6 Å². The lowest BCUT2D eigenvalue weighted by molar-refractivity contribution is 0.240. The van der Waals surface area contributed by atoms with Crippen LogP contribution in [-0.2, 0) is 10.0 Å². The fourth-order valence-electron chi connectivity index (χ4n) is 5.47. The summed E-state index contributed by atoms with van der Waals surface area (Å²) in [5.41, 5.74) is 5.71. The van der Waals surface area contributed by atoms with Gasteiger partial charge in [0.1, 0.15) is 11.9 Å². The summed E-state index contributed by atoms with van der Waals surface area (Å²) in [4.78, 5) is 0.291. The number of rotatable bonds is 6. The van der Waals surface area contributed by atoms with E-state index in [-0.39, 0.29) is 12.0 Å². The molecule has 3 aliphatic rings. The Bertz CT molecular complexity index is 1410. The van der Waals surface area contributed by atoms with Crippen LogP contribution >= 0.6 is 11.8 Å². The fourth-order valence-corrected chi connectivity index (χ4v) is 7.27. The summed E-state index contributed by atoms with van der Waals surface area (Å²) >= 11 is 1.91. The number of nitrogens with one attached hydrogen (secondary N) is 2. The zero-order chi connectivity index (χ0) is 24.9. The van der Waals surface area contributed by atoms with Crippen LogP contribution in [0.25, 0.3) is 0 Å². The molecular formula is C29H30N2O3S2. The Balaban J connectivity index is 1.27. The lowest BCUT2D eigenvalue weighted by Gasteiger charge is -2.38. The SMILES string of the molecule is Cc1cccc(C)c1NS(=O)(=O)c1ccc2c(c1)[C@H]1C=CC[C@H]1[C@@H](c1ccc(OC3CSC3)cc1)N2. The minimum absolute atomic E-state index is 0.154. The van der Waals surface area contributed by atoms with E-state index in [4.69, 9.17) is 4.74 Å². The van der Waals surface area contributed by atoms with Gasteiger partial charge in [-0.3, -0.25) is 4.72 Å². The molecule has 2 heterocycles. The van der Waals surface area contributed by atoms with Crippen LogP contribution in [0.5, 0.6) is 5.75 Å². The number of sulfonamides is 1. The van der Waals surface area contributed by atoms with Crippen molar-refractivity contribution in [2.75, 3.05) is 21.5 Å². The van der Waals surface area contributed by atoms with E-state index in [1.165, 1.54) is 5.56 Å². The highest BCUT2D eigenvalue weighted by atomic mass is 32.2. The Morgan fingerprint density at radius 3 is 2.44 bits per heavy atom. The highest BCUT2D eigenvalue weighted by molar-refractivity contribution is 8.00. The zero-order valence-electron chi connectivity index (χ0n) is 20.4. The molecule has 3 aromatic carbocycles. The van der Waals surface area contributed by atoms with Crippen LogP contribution in [0.4, 0.5) is 11.4 Å². The molecule has 5 nitrogen and oxygen atoms in total. The number of benzene rings is 3. The first-order chi connectivity index (χ1) is 17.4. The Morgan fingerprint density at radius 2 is 1.75 bits per heavy atom. The maximum Gasteiger partial charge on any atom is 0.261 e. The molecule has 0 unspecified atom stereocenters. The van der Waals surface area contributed by atoms with Gasteiger partial charge in [0.05, 0.1) is 16.6 Å². The molecule has 0 aromatic heterocycles. The van der Waals surface area contributed by atoms with Crippen LogP contribution in [-0.4, -0.2) is 26.0 Å². The Morgan fingerprint density at radius 1 is 1.00 bits per heavy atom. The third kappa shape index (κ3) is 4.28. The van der Waals surface area contributed by atoms with Crippen molar-refractivity contribution in [1.82, 2.24) is 0 Å². The van der Waals surface area contributed by atoms with Crippen molar-refractivity contribution in [3.8, 4) is 5.75 Å². The molecule has 2 N–H and O–H groups in total. The number of allylic oxidation sites excluding steroid dienone is 2. The standard InChI is InChI=1S/C29H30N2O3S2/c1-18-5-3-6-19(2)28(18)31-36(32,33)23-13-14-27-26(15-23)24-7-4-8-25(24)29(30-27)20-9-11-21(12-10-20)34-22-16-35-17-22/h3-7,9-15,22,24-25,29-31H,8,16-17H2,1-2H3/t24-,25+,29+/m0/s1. The third-order valence-corrected chi connectivity index (χ3v) is 10.1.